The largest absolute Gasteiger partial charge is 0.489 e. The number of ketones is 1. The minimum Gasteiger partial charge on any atom is -0.489 e. The molecule has 2 aromatic carbocycles. The number of alkyl carbamates (subject to hydrolysis) is 1. The van der Waals surface area contributed by atoms with Crippen LogP contribution in [0.15, 0.2) is 77.4 Å². The zero-order chi connectivity index (χ0) is 22.3. The molecule has 0 fully saturated rings. The van der Waals surface area contributed by atoms with Gasteiger partial charge in [-0.3, -0.25) is 4.79 Å². The summed E-state index contributed by atoms with van der Waals surface area (Å²) in [5.74, 6) is 0.589. The first-order valence-corrected chi connectivity index (χ1v) is 10.1. The Labute approximate surface area is 182 Å². The van der Waals surface area contributed by atoms with Crippen molar-refractivity contribution in [2.24, 2.45) is 0 Å². The van der Waals surface area contributed by atoms with Crippen LogP contribution < -0.4 is 10.1 Å². The number of carbonyl (C=O) groups is 2. The highest BCUT2D eigenvalue weighted by Crippen LogP contribution is 2.17. The summed E-state index contributed by atoms with van der Waals surface area (Å²) in [7, 11) is 0. The van der Waals surface area contributed by atoms with Crippen molar-refractivity contribution in [2.45, 2.75) is 45.4 Å². The lowest BCUT2D eigenvalue weighted by atomic mass is 10.0. The summed E-state index contributed by atoms with van der Waals surface area (Å²) in [5.41, 5.74) is 1.28. The van der Waals surface area contributed by atoms with Gasteiger partial charge in [-0.25, -0.2) is 4.79 Å². The number of carbonyl (C=O) groups excluding carboxylic acids is 2. The van der Waals surface area contributed by atoms with E-state index in [1.54, 1.807) is 32.9 Å². The molecule has 0 bridgehead atoms. The van der Waals surface area contributed by atoms with Gasteiger partial charge in [0.25, 0.3) is 0 Å². The monoisotopic (exact) mass is 421 g/mol. The highest BCUT2D eigenvalue weighted by Gasteiger charge is 2.27. The predicted molar refractivity (Wildman–Crippen MR) is 117 cm³/mol. The molecular formula is C25H27NO5. The third-order valence-electron chi connectivity index (χ3n) is 4.38. The number of hydrogen-bond donors (Lipinski definition) is 1. The van der Waals surface area contributed by atoms with Gasteiger partial charge in [0.1, 0.15) is 24.0 Å². The molecule has 0 saturated heterocycles. The van der Waals surface area contributed by atoms with Gasteiger partial charge in [0.2, 0.25) is 5.78 Å². The van der Waals surface area contributed by atoms with Crippen LogP contribution in [0.3, 0.4) is 0 Å². The van der Waals surface area contributed by atoms with E-state index in [-0.39, 0.29) is 18.0 Å². The first-order chi connectivity index (χ1) is 14.8. The molecular weight excluding hydrogens is 394 g/mol. The fraction of sp³-hybridized carbons (Fsp3) is 0.280. The Balaban J connectivity index is 1.66. The van der Waals surface area contributed by atoms with Gasteiger partial charge < -0.3 is 19.2 Å². The Bertz CT molecular complexity index is 973. The van der Waals surface area contributed by atoms with Crippen LogP contribution in [0, 0.1) is 0 Å². The molecule has 0 saturated carbocycles. The fourth-order valence-corrected chi connectivity index (χ4v) is 2.95. The molecule has 0 radical (unpaired) electrons. The van der Waals surface area contributed by atoms with Gasteiger partial charge in [0.05, 0.1) is 6.26 Å². The van der Waals surface area contributed by atoms with Crippen LogP contribution in [-0.4, -0.2) is 23.5 Å². The number of hydrogen-bond acceptors (Lipinski definition) is 5. The number of benzene rings is 2. The van der Waals surface area contributed by atoms with Crippen molar-refractivity contribution >= 4 is 11.9 Å². The Kier molecular flexibility index (Phi) is 7.13. The zero-order valence-electron chi connectivity index (χ0n) is 18.0. The zero-order valence-corrected chi connectivity index (χ0v) is 18.0. The smallest absolute Gasteiger partial charge is 0.408 e. The minimum atomic E-state index is -0.822. The molecule has 1 atom stereocenters. The van der Waals surface area contributed by atoms with Crippen molar-refractivity contribution in [1.29, 1.82) is 0 Å². The van der Waals surface area contributed by atoms with E-state index in [0.717, 1.165) is 16.9 Å². The lowest BCUT2D eigenvalue weighted by Crippen LogP contribution is -2.44. The maximum atomic E-state index is 12.8. The summed E-state index contributed by atoms with van der Waals surface area (Å²) in [6.07, 6.45) is 1.06. The van der Waals surface area contributed by atoms with Crippen LogP contribution in [0.4, 0.5) is 4.79 Å². The first kappa shape index (κ1) is 22.2. The summed E-state index contributed by atoms with van der Waals surface area (Å²) in [4.78, 5) is 25.1. The lowest BCUT2D eigenvalue weighted by molar-refractivity contribution is 0.0489. The van der Waals surface area contributed by atoms with Crippen LogP contribution >= 0.6 is 0 Å². The molecule has 0 aliphatic heterocycles. The van der Waals surface area contributed by atoms with E-state index in [9.17, 15) is 9.59 Å². The summed E-state index contributed by atoms with van der Waals surface area (Å²) >= 11 is 0. The summed E-state index contributed by atoms with van der Waals surface area (Å²) in [6, 6.07) is 19.7. The maximum Gasteiger partial charge on any atom is 0.408 e. The topological polar surface area (TPSA) is 77.8 Å². The first-order valence-electron chi connectivity index (χ1n) is 10.1. The molecule has 6 nitrogen and oxygen atoms in total. The van der Waals surface area contributed by atoms with Crippen LogP contribution in [0.1, 0.15) is 42.5 Å². The van der Waals surface area contributed by atoms with Crippen molar-refractivity contribution < 1.29 is 23.5 Å². The summed E-state index contributed by atoms with van der Waals surface area (Å²) < 4.78 is 16.3. The number of amides is 1. The normalized spacial score (nSPS) is 12.1. The van der Waals surface area contributed by atoms with Crippen LogP contribution in [0.2, 0.25) is 0 Å². The SMILES string of the molecule is CC(C)(C)OC(=O)N[C@@H](Cc1ccc(OCc2ccccc2)cc1)C(=O)c1ccco1. The fourth-order valence-electron chi connectivity index (χ4n) is 2.95. The number of ether oxygens (including phenoxy) is 2. The molecule has 1 heterocycles. The molecule has 0 unspecified atom stereocenters. The highest BCUT2D eigenvalue weighted by atomic mass is 16.6. The summed E-state index contributed by atoms with van der Waals surface area (Å²) in [5, 5.41) is 2.67. The third-order valence-corrected chi connectivity index (χ3v) is 4.38. The number of rotatable bonds is 8. The quantitative estimate of drug-likeness (QED) is 0.507. The van der Waals surface area contributed by atoms with Gasteiger partial charge in [-0.1, -0.05) is 42.5 Å². The number of Topliss-reactive ketones (excluding diaryl/α,β-unsaturated/α-hetero) is 1. The van der Waals surface area contributed by atoms with Gasteiger partial charge in [0, 0.05) is 6.42 Å². The average Bonchev–Trinajstić information content (AvgIpc) is 3.26. The van der Waals surface area contributed by atoms with E-state index >= 15 is 0 Å². The second-order valence-corrected chi connectivity index (χ2v) is 8.16. The second kappa shape index (κ2) is 9.98. The molecule has 1 N–H and O–H groups in total. The molecule has 0 aliphatic carbocycles. The molecule has 0 aliphatic rings. The highest BCUT2D eigenvalue weighted by molar-refractivity contribution is 5.99. The molecule has 6 heteroatoms. The van der Waals surface area contributed by atoms with Gasteiger partial charge in [-0.15, -0.1) is 0 Å². The number of furan rings is 1. The maximum absolute atomic E-state index is 12.8. The van der Waals surface area contributed by atoms with Crippen molar-refractivity contribution in [1.82, 2.24) is 5.32 Å². The van der Waals surface area contributed by atoms with Gasteiger partial charge >= 0.3 is 6.09 Å². The Morgan fingerprint density at radius 1 is 0.935 bits per heavy atom. The molecule has 162 valence electrons. The van der Waals surface area contributed by atoms with Gasteiger partial charge in [0.15, 0.2) is 5.76 Å². The van der Waals surface area contributed by atoms with Crippen LogP contribution in [0.5, 0.6) is 5.75 Å². The van der Waals surface area contributed by atoms with Crippen molar-refractivity contribution in [3.8, 4) is 5.75 Å². The van der Waals surface area contributed by atoms with E-state index in [2.05, 4.69) is 5.32 Å². The van der Waals surface area contributed by atoms with E-state index in [0.29, 0.717) is 6.61 Å². The third kappa shape index (κ3) is 7.03. The molecule has 3 rings (SSSR count). The summed E-state index contributed by atoms with van der Waals surface area (Å²) in [6.45, 7) is 5.78. The van der Waals surface area contributed by atoms with E-state index in [1.807, 2.05) is 54.6 Å². The predicted octanol–water partition coefficient (Wildman–Crippen LogP) is 5.18. The molecule has 31 heavy (non-hydrogen) atoms. The Hall–Kier alpha value is -3.54. The van der Waals surface area contributed by atoms with Crippen LogP contribution in [0.25, 0.3) is 0 Å². The van der Waals surface area contributed by atoms with Gasteiger partial charge in [-0.2, -0.15) is 0 Å². The van der Waals surface area contributed by atoms with Crippen molar-refractivity contribution in [3.05, 3.63) is 89.9 Å². The molecule has 3 aromatic rings. The molecule has 1 aromatic heterocycles. The van der Waals surface area contributed by atoms with E-state index < -0.39 is 17.7 Å². The Morgan fingerprint density at radius 3 is 2.26 bits per heavy atom. The Morgan fingerprint density at radius 2 is 1.65 bits per heavy atom. The molecule has 1 amide bonds. The van der Waals surface area contributed by atoms with E-state index in [1.165, 1.54) is 6.26 Å². The van der Waals surface area contributed by atoms with Crippen molar-refractivity contribution in [2.75, 3.05) is 0 Å². The second-order valence-electron chi connectivity index (χ2n) is 8.16. The lowest BCUT2D eigenvalue weighted by Gasteiger charge is -2.23. The van der Waals surface area contributed by atoms with E-state index in [4.69, 9.17) is 13.9 Å². The number of nitrogens with one attached hydrogen (secondary N) is 1. The van der Waals surface area contributed by atoms with Gasteiger partial charge in [-0.05, 0) is 56.2 Å². The minimum absolute atomic E-state index is 0.184. The van der Waals surface area contributed by atoms with Crippen LogP contribution in [-0.2, 0) is 17.8 Å². The average molecular weight is 421 g/mol. The van der Waals surface area contributed by atoms with Crippen molar-refractivity contribution in [3.63, 3.8) is 0 Å². The standard InChI is InChI=1S/C25H27NO5/c1-25(2,3)31-24(28)26-21(23(27)22-10-7-15-29-22)16-18-11-13-20(14-12-18)30-17-19-8-5-4-6-9-19/h4-15,21H,16-17H2,1-3H3,(H,26,28)/t21-/m0/s1. The molecule has 0 spiro atoms.